The number of amides is 1. The monoisotopic (exact) mass is 325 g/mol. The lowest BCUT2D eigenvalue weighted by Crippen LogP contribution is -2.35. The number of nitrogens with zero attached hydrogens (tertiary/aromatic N) is 1. The maximum atomic E-state index is 12.1. The van der Waals surface area contributed by atoms with Crippen molar-refractivity contribution in [3.05, 3.63) is 28.2 Å². The molecule has 0 spiro atoms. The minimum atomic E-state index is 0.0995. The minimum absolute atomic E-state index is 0.0995. The lowest BCUT2D eigenvalue weighted by atomic mass is 10.2. The van der Waals surface area contributed by atoms with Gasteiger partial charge in [-0.15, -0.1) is 0 Å². The highest BCUT2D eigenvalue weighted by Crippen LogP contribution is 2.21. The molecular formula is C15H20BrNO2. The molecule has 4 heteroatoms. The molecular weight excluding hydrogens is 306 g/mol. The van der Waals surface area contributed by atoms with E-state index >= 15 is 0 Å². The Hall–Kier alpha value is -1.03. The molecule has 0 bridgehead atoms. The predicted molar refractivity (Wildman–Crippen MR) is 79.4 cm³/mol. The van der Waals surface area contributed by atoms with Gasteiger partial charge in [0, 0.05) is 17.6 Å². The summed E-state index contributed by atoms with van der Waals surface area (Å²) in [4.78, 5) is 14.0. The van der Waals surface area contributed by atoms with Crippen LogP contribution in [0.5, 0.6) is 5.75 Å². The SMILES string of the molecule is Cc1cc(OCC(=O)N2CCCCCC2)ccc1Br. The van der Waals surface area contributed by atoms with Crippen molar-refractivity contribution in [1.29, 1.82) is 0 Å². The van der Waals surface area contributed by atoms with Gasteiger partial charge in [-0.1, -0.05) is 28.8 Å². The van der Waals surface area contributed by atoms with Crippen LogP contribution < -0.4 is 4.74 Å². The molecule has 0 unspecified atom stereocenters. The summed E-state index contributed by atoms with van der Waals surface area (Å²) in [5.74, 6) is 0.853. The van der Waals surface area contributed by atoms with Crippen LogP contribution in [0, 0.1) is 6.92 Å². The lowest BCUT2D eigenvalue weighted by molar-refractivity contribution is -0.133. The number of carbonyl (C=O) groups is 1. The molecule has 0 N–H and O–H groups in total. The van der Waals surface area contributed by atoms with Gasteiger partial charge in [0.15, 0.2) is 6.61 Å². The van der Waals surface area contributed by atoms with Crippen LogP contribution in [0.25, 0.3) is 0 Å². The number of ether oxygens (including phenoxy) is 1. The molecule has 1 aliphatic heterocycles. The molecule has 1 amide bonds. The maximum Gasteiger partial charge on any atom is 0.260 e. The van der Waals surface area contributed by atoms with Gasteiger partial charge in [0.2, 0.25) is 0 Å². The third kappa shape index (κ3) is 4.23. The van der Waals surface area contributed by atoms with Gasteiger partial charge >= 0.3 is 0 Å². The second-order valence-corrected chi connectivity index (χ2v) is 5.85. The standard InChI is InChI=1S/C15H20BrNO2/c1-12-10-13(6-7-14(12)16)19-11-15(18)17-8-4-2-3-5-9-17/h6-7,10H,2-5,8-9,11H2,1H3. The first-order valence-electron chi connectivity index (χ1n) is 6.83. The smallest absolute Gasteiger partial charge is 0.260 e. The van der Waals surface area contributed by atoms with Gasteiger partial charge in [0.1, 0.15) is 5.75 Å². The van der Waals surface area contributed by atoms with Gasteiger partial charge in [0.25, 0.3) is 5.91 Å². The summed E-state index contributed by atoms with van der Waals surface area (Å²) in [5, 5.41) is 0. The molecule has 0 aliphatic carbocycles. The van der Waals surface area contributed by atoms with E-state index in [1.54, 1.807) is 0 Å². The van der Waals surface area contributed by atoms with Crippen LogP contribution in [0.15, 0.2) is 22.7 Å². The van der Waals surface area contributed by atoms with Crippen LogP contribution in [0.4, 0.5) is 0 Å². The minimum Gasteiger partial charge on any atom is -0.484 e. The Morgan fingerprint density at radius 2 is 1.95 bits per heavy atom. The summed E-state index contributed by atoms with van der Waals surface area (Å²) in [5.41, 5.74) is 1.11. The zero-order valence-corrected chi connectivity index (χ0v) is 12.9. The molecule has 1 fully saturated rings. The second kappa shape index (κ2) is 6.94. The van der Waals surface area contributed by atoms with Crippen molar-refractivity contribution in [2.24, 2.45) is 0 Å². The fraction of sp³-hybridized carbons (Fsp3) is 0.533. The Morgan fingerprint density at radius 3 is 2.58 bits per heavy atom. The number of hydrogen-bond acceptors (Lipinski definition) is 2. The number of rotatable bonds is 3. The molecule has 104 valence electrons. The summed E-state index contributed by atoms with van der Waals surface area (Å²) in [6.45, 7) is 3.90. The molecule has 1 aliphatic rings. The normalized spacial score (nSPS) is 16.0. The van der Waals surface area contributed by atoms with Crippen molar-refractivity contribution in [1.82, 2.24) is 4.90 Å². The highest BCUT2D eigenvalue weighted by molar-refractivity contribution is 9.10. The largest absolute Gasteiger partial charge is 0.484 e. The number of benzene rings is 1. The summed E-state index contributed by atoms with van der Waals surface area (Å²) >= 11 is 3.45. The van der Waals surface area contributed by atoms with Crippen molar-refractivity contribution in [2.75, 3.05) is 19.7 Å². The summed E-state index contributed by atoms with van der Waals surface area (Å²) in [6.07, 6.45) is 4.69. The number of aryl methyl sites for hydroxylation is 1. The van der Waals surface area contributed by atoms with Crippen LogP contribution in [0.2, 0.25) is 0 Å². The first-order valence-corrected chi connectivity index (χ1v) is 7.63. The van der Waals surface area contributed by atoms with Crippen LogP contribution in [-0.4, -0.2) is 30.5 Å². The molecule has 19 heavy (non-hydrogen) atoms. The third-order valence-corrected chi connectivity index (χ3v) is 4.34. The third-order valence-electron chi connectivity index (χ3n) is 3.45. The molecule has 1 saturated heterocycles. The predicted octanol–water partition coefficient (Wildman–Crippen LogP) is 3.54. The van der Waals surface area contributed by atoms with Crippen LogP contribution in [-0.2, 0) is 4.79 Å². The van der Waals surface area contributed by atoms with E-state index in [-0.39, 0.29) is 12.5 Å². The first-order chi connectivity index (χ1) is 9.16. The highest BCUT2D eigenvalue weighted by Gasteiger charge is 2.15. The number of halogens is 1. The topological polar surface area (TPSA) is 29.5 Å². The Balaban J connectivity index is 1.86. The lowest BCUT2D eigenvalue weighted by Gasteiger charge is -2.20. The van der Waals surface area contributed by atoms with Gasteiger partial charge in [-0.25, -0.2) is 0 Å². The van der Waals surface area contributed by atoms with Gasteiger partial charge in [-0.2, -0.15) is 0 Å². The van der Waals surface area contributed by atoms with E-state index in [9.17, 15) is 4.79 Å². The van der Waals surface area contributed by atoms with Gasteiger partial charge < -0.3 is 9.64 Å². The van der Waals surface area contributed by atoms with Crippen LogP contribution >= 0.6 is 15.9 Å². The van der Waals surface area contributed by atoms with E-state index in [2.05, 4.69) is 15.9 Å². The van der Waals surface area contributed by atoms with Crippen molar-refractivity contribution in [2.45, 2.75) is 32.6 Å². The molecule has 0 aromatic heterocycles. The van der Waals surface area contributed by atoms with E-state index in [4.69, 9.17) is 4.74 Å². The van der Waals surface area contributed by atoms with E-state index in [0.717, 1.165) is 41.7 Å². The zero-order chi connectivity index (χ0) is 13.7. The number of carbonyl (C=O) groups excluding carboxylic acids is 1. The Bertz CT molecular complexity index is 440. The molecule has 0 saturated carbocycles. The maximum absolute atomic E-state index is 12.1. The van der Waals surface area contributed by atoms with E-state index < -0.39 is 0 Å². The summed E-state index contributed by atoms with van der Waals surface area (Å²) < 4.78 is 6.64. The zero-order valence-electron chi connectivity index (χ0n) is 11.3. The highest BCUT2D eigenvalue weighted by atomic mass is 79.9. The van der Waals surface area contributed by atoms with Gasteiger partial charge in [-0.3, -0.25) is 4.79 Å². The molecule has 0 radical (unpaired) electrons. The molecule has 3 nitrogen and oxygen atoms in total. The number of hydrogen-bond donors (Lipinski definition) is 0. The number of likely N-dealkylation sites (tertiary alicyclic amines) is 1. The van der Waals surface area contributed by atoms with Gasteiger partial charge in [-0.05, 0) is 43.5 Å². The fourth-order valence-electron chi connectivity index (χ4n) is 2.26. The summed E-state index contributed by atoms with van der Waals surface area (Å²) in [6, 6.07) is 5.77. The molecule has 0 atom stereocenters. The van der Waals surface area contributed by atoms with Crippen LogP contribution in [0.1, 0.15) is 31.2 Å². The van der Waals surface area contributed by atoms with Crippen molar-refractivity contribution >= 4 is 21.8 Å². The van der Waals surface area contributed by atoms with Crippen molar-refractivity contribution in [3.8, 4) is 5.75 Å². The molecule has 1 heterocycles. The van der Waals surface area contributed by atoms with Crippen molar-refractivity contribution < 1.29 is 9.53 Å². The second-order valence-electron chi connectivity index (χ2n) is 4.99. The van der Waals surface area contributed by atoms with Crippen LogP contribution in [0.3, 0.4) is 0 Å². The summed E-state index contributed by atoms with van der Waals surface area (Å²) in [7, 11) is 0. The van der Waals surface area contributed by atoms with E-state index in [0.29, 0.717) is 0 Å². The molecule has 2 rings (SSSR count). The molecule has 1 aromatic rings. The average molecular weight is 326 g/mol. The van der Waals surface area contributed by atoms with Gasteiger partial charge in [0.05, 0.1) is 0 Å². The Labute approximate surface area is 123 Å². The fourth-order valence-corrected chi connectivity index (χ4v) is 2.51. The Morgan fingerprint density at radius 1 is 1.26 bits per heavy atom. The quantitative estimate of drug-likeness (QED) is 0.850. The molecule has 1 aromatic carbocycles. The van der Waals surface area contributed by atoms with E-state index in [1.165, 1.54) is 12.8 Å². The Kier molecular flexibility index (Phi) is 5.25. The average Bonchev–Trinajstić information content (AvgIpc) is 2.69. The first kappa shape index (κ1) is 14.4. The van der Waals surface area contributed by atoms with Crippen molar-refractivity contribution in [3.63, 3.8) is 0 Å². The van der Waals surface area contributed by atoms with E-state index in [1.807, 2.05) is 30.0 Å².